The Bertz CT molecular complexity index is 151. The molecule has 0 aromatic heterocycles. The Labute approximate surface area is 54.8 Å². The first-order valence-corrected chi connectivity index (χ1v) is 3.59. The highest BCUT2D eigenvalue weighted by atomic mass is 16.2. The summed E-state index contributed by atoms with van der Waals surface area (Å²) in [4.78, 5) is 13.1. The smallest absolute Gasteiger partial charge is 0.226 e. The van der Waals surface area contributed by atoms with E-state index >= 15 is 0 Å². The zero-order valence-electron chi connectivity index (χ0n) is 5.63. The van der Waals surface area contributed by atoms with Gasteiger partial charge in [-0.25, -0.2) is 0 Å². The molecule has 0 radical (unpaired) electrons. The molecule has 2 nitrogen and oxygen atoms in total. The van der Waals surface area contributed by atoms with Crippen LogP contribution in [0.5, 0.6) is 0 Å². The largest absolute Gasteiger partial charge is 0.336 e. The Morgan fingerprint density at radius 3 is 2.44 bits per heavy atom. The molecule has 1 heterocycles. The quantitative estimate of drug-likeness (QED) is 0.470. The predicted molar refractivity (Wildman–Crippen MR) is 33.9 cm³/mol. The lowest BCUT2D eigenvalue weighted by molar-refractivity contribution is -0.127. The maximum absolute atomic E-state index is 11.1. The fourth-order valence-electron chi connectivity index (χ4n) is 1.11. The average Bonchev–Trinajstić information content (AvgIpc) is 2.53. The lowest BCUT2D eigenvalue weighted by Crippen LogP contribution is -2.13. The number of carbonyl (C=O) groups excluding carboxylic acids is 1. The first-order valence-electron chi connectivity index (χ1n) is 3.59. The molecule has 1 amide bonds. The second kappa shape index (κ2) is 1.49. The molecule has 1 atom stereocenters. The van der Waals surface area contributed by atoms with E-state index in [1.807, 2.05) is 4.90 Å². The van der Waals surface area contributed by atoms with Gasteiger partial charge in [-0.2, -0.15) is 0 Å². The monoisotopic (exact) mass is 125 g/mol. The molecule has 1 aliphatic heterocycles. The van der Waals surface area contributed by atoms with E-state index in [0.29, 0.717) is 17.9 Å². The summed E-state index contributed by atoms with van der Waals surface area (Å²) in [7, 11) is 0. The van der Waals surface area contributed by atoms with Crippen LogP contribution < -0.4 is 0 Å². The summed E-state index contributed by atoms with van der Waals surface area (Å²) in [6.07, 6.45) is 2.28. The maximum Gasteiger partial charge on any atom is 0.226 e. The summed E-state index contributed by atoms with van der Waals surface area (Å²) in [5, 5.41) is 0. The summed E-state index contributed by atoms with van der Waals surface area (Å²) < 4.78 is 0. The Morgan fingerprint density at radius 1 is 1.56 bits per heavy atom. The van der Waals surface area contributed by atoms with Gasteiger partial charge in [0.05, 0.1) is 0 Å². The number of carbonyl (C=O) groups is 1. The Morgan fingerprint density at radius 2 is 2.11 bits per heavy atom. The molecule has 0 aromatic carbocycles. The Hall–Kier alpha value is -0.530. The SMILES string of the molecule is CC1CN1C(=O)C1CC1. The molecular weight excluding hydrogens is 114 g/mol. The summed E-state index contributed by atoms with van der Waals surface area (Å²) >= 11 is 0. The lowest BCUT2D eigenvalue weighted by Gasteiger charge is -1.96. The van der Waals surface area contributed by atoms with Crippen LogP contribution in [0.25, 0.3) is 0 Å². The van der Waals surface area contributed by atoms with Crippen molar-refractivity contribution < 1.29 is 4.79 Å². The Kier molecular flexibility index (Phi) is 0.875. The topological polar surface area (TPSA) is 20.1 Å². The highest BCUT2D eigenvalue weighted by Gasteiger charge is 2.42. The van der Waals surface area contributed by atoms with Crippen molar-refractivity contribution in [2.24, 2.45) is 5.92 Å². The fraction of sp³-hybridized carbons (Fsp3) is 0.857. The Balaban J connectivity index is 1.91. The van der Waals surface area contributed by atoms with E-state index in [2.05, 4.69) is 6.92 Å². The van der Waals surface area contributed by atoms with E-state index in [0.717, 1.165) is 19.4 Å². The summed E-state index contributed by atoms with van der Waals surface area (Å²) in [6.45, 7) is 3.11. The first kappa shape index (κ1) is 5.27. The van der Waals surface area contributed by atoms with Crippen LogP contribution in [0.1, 0.15) is 19.8 Å². The predicted octanol–water partition coefficient (Wildman–Crippen LogP) is 0.627. The molecule has 1 saturated carbocycles. The molecule has 2 rings (SSSR count). The number of amides is 1. The average molecular weight is 125 g/mol. The summed E-state index contributed by atoms with van der Waals surface area (Å²) in [5.41, 5.74) is 0. The molecule has 0 bridgehead atoms. The third kappa shape index (κ3) is 0.824. The van der Waals surface area contributed by atoms with Crippen LogP contribution in [0, 0.1) is 5.92 Å². The molecule has 1 unspecified atom stereocenters. The molecular formula is C7H11NO. The molecule has 1 aliphatic carbocycles. The zero-order valence-corrected chi connectivity index (χ0v) is 5.63. The van der Waals surface area contributed by atoms with Crippen LogP contribution in [0.15, 0.2) is 0 Å². The van der Waals surface area contributed by atoms with Crippen molar-refractivity contribution in [1.29, 1.82) is 0 Å². The van der Waals surface area contributed by atoms with Crippen LogP contribution in [0.2, 0.25) is 0 Å². The highest BCUT2D eigenvalue weighted by Crippen LogP contribution is 2.34. The van der Waals surface area contributed by atoms with Gasteiger partial charge in [-0.3, -0.25) is 4.79 Å². The van der Waals surface area contributed by atoms with Gasteiger partial charge in [-0.1, -0.05) is 0 Å². The number of nitrogens with zero attached hydrogens (tertiary/aromatic N) is 1. The van der Waals surface area contributed by atoms with Crippen molar-refractivity contribution in [2.45, 2.75) is 25.8 Å². The van der Waals surface area contributed by atoms with Crippen molar-refractivity contribution in [2.75, 3.05) is 6.54 Å². The van der Waals surface area contributed by atoms with Gasteiger partial charge in [0, 0.05) is 18.5 Å². The summed E-state index contributed by atoms with van der Waals surface area (Å²) in [5.74, 6) is 0.831. The van der Waals surface area contributed by atoms with Crippen LogP contribution in [0.3, 0.4) is 0 Å². The minimum absolute atomic E-state index is 0.405. The molecule has 0 spiro atoms. The van der Waals surface area contributed by atoms with Gasteiger partial charge in [-0.15, -0.1) is 0 Å². The standard InChI is InChI=1S/C7H11NO/c1-5-4-8(5)7(9)6-2-3-6/h5-6H,2-4H2,1H3. The minimum Gasteiger partial charge on any atom is -0.336 e. The van der Waals surface area contributed by atoms with E-state index in [1.165, 1.54) is 0 Å². The molecule has 50 valence electrons. The molecule has 2 aliphatic rings. The lowest BCUT2D eigenvalue weighted by atomic mass is 10.4. The van der Waals surface area contributed by atoms with Gasteiger partial charge in [-0.05, 0) is 19.8 Å². The molecule has 2 fully saturated rings. The third-order valence-electron chi connectivity index (χ3n) is 2.07. The van der Waals surface area contributed by atoms with Gasteiger partial charge in [0.2, 0.25) is 5.91 Å². The first-order chi connectivity index (χ1) is 4.29. The molecule has 2 heteroatoms. The van der Waals surface area contributed by atoms with Gasteiger partial charge in [0.1, 0.15) is 0 Å². The van der Waals surface area contributed by atoms with Crippen molar-refractivity contribution in [3.63, 3.8) is 0 Å². The maximum atomic E-state index is 11.1. The highest BCUT2D eigenvalue weighted by molar-refractivity contribution is 5.83. The number of rotatable bonds is 1. The normalized spacial score (nSPS) is 32.6. The van der Waals surface area contributed by atoms with E-state index in [1.54, 1.807) is 0 Å². The van der Waals surface area contributed by atoms with Crippen molar-refractivity contribution in [1.82, 2.24) is 4.90 Å². The molecule has 0 aromatic rings. The van der Waals surface area contributed by atoms with Gasteiger partial charge < -0.3 is 4.90 Å². The third-order valence-corrected chi connectivity index (χ3v) is 2.07. The second-order valence-corrected chi connectivity index (χ2v) is 3.11. The van der Waals surface area contributed by atoms with Gasteiger partial charge in [0.15, 0.2) is 0 Å². The van der Waals surface area contributed by atoms with Crippen LogP contribution >= 0.6 is 0 Å². The zero-order chi connectivity index (χ0) is 6.43. The molecule has 1 saturated heterocycles. The molecule has 0 N–H and O–H groups in total. The fourth-order valence-corrected chi connectivity index (χ4v) is 1.11. The van der Waals surface area contributed by atoms with E-state index in [9.17, 15) is 4.79 Å². The second-order valence-electron chi connectivity index (χ2n) is 3.11. The molecule has 9 heavy (non-hydrogen) atoms. The van der Waals surface area contributed by atoms with E-state index in [4.69, 9.17) is 0 Å². The van der Waals surface area contributed by atoms with Crippen molar-refractivity contribution in [3.05, 3.63) is 0 Å². The van der Waals surface area contributed by atoms with E-state index < -0.39 is 0 Å². The van der Waals surface area contributed by atoms with Crippen molar-refractivity contribution >= 4 is 5.91 Å². The van der Waals surface area contributed by atoms with E-state index in [-0.39, 0.29) is 0 Å². The summed E-state index contributed by atoms with van der Waals surface area (Å²) in [6, 6.07) is 0.554. The minimum atomic E-state index is 0.405. The van der Waals surface area contributed by atoms with Gasteiger partial charge in [0.25, 0.3) is 0 Å². The number of hydrogen-bond acceptors (Lipinski definition) is 1. The van der Waals surface area contributed by atoms with Crippen LogP contribution in [0.4, 0.5) is 0 Å². The van der Waals surface area contributed by atoms with Crippen molar-refractivity contribution in [3.8, 4) is 0 Å². The van der Waals surface area contributed by atoms with Crippen LogP contribution in [-0.4, -0.2) is 23.4 Å². The van der Waals surface area contributed by atoms with Crippen LogP contribution in [-0.2, 0) is 4.79 Å². The number of hydrogen-bond donors (Lipinski definition) is 0. The van der Waals surface area contributed by atoms with Gasteiger partial charge >= 0.3 is 0 Å².